The molecule has 1 aliphatic rings. The molecule has 4 aromatic rings. The number of pyridine rings is 1. The molecule has 0 spiro atoms. The molecule has 0 radical (unpaired) electrons. The van der Waals surface area contributed by atoms with Crippen molar-refractivity contribution in [2.45, 2.75) is 13.3 Å². The number of para-hydroxylation sites is 2. The van der Waals surface area contributed by atoms with Crippen LogP contribution in [0.25, 0.3) is 22.8 Å². The Morgan fingerprint density at radius 3 is 2.70 bits per heavy atom. The van der Waals surface area contributed by atoms with E-state index < -0.39 is 0 Å². The number of ether oxygens (including phenoxy) is 1. The zero-order valence-electron chi connectivity index (χ0n) is 16.7. The molecule has 1 fully saturated rings. The number of benzene rings is 2. The summed E-state index contributed by atoms with van der Waals surface area (Å²) in [7, 11) is 0. The Morgan fingerprint density at radius 2 is 1.93 bits per heavy atom. The van der Waals surface area contributed by atoms with E-state index in [0.717, 1.165) is 47.8 Å². The Morgan fingerprint density at radius 1 is 1.03 bits per heavy atom. The zero-order valence-corrected chi connectivity index (χ0v) is 16.7. The number of anilines is 1. The Labute approximate surface area is 175 Å². The summed E-state index contributed by atoms with van der Waals surface area (Å²) >= 11 is 0. The molecule has 30 heavy (non-hydrogen) atoms. The summed E-state index contributed by atoms with van der Waals surface area (Å²) in [4.78, 5) is 11.1. The summed E-state index contributed by atoms with van der Waals surface area (Å²) in [6.07, 6.45) is 4.60. The van der Waals surface area contributed by atoms with E-state index in [1.807, 2.05) is 60.7 Å². The SMILES string of the molecule is CC1CCN(c2c(Oc3ccccc3)cccc2-c2nc(-c3cccnc3)no2)C1. The number of hydrogen-bond acceptors (Lipinski definition) is 6. The van der Waals surface area contributed by atoms with Crippen LogP contribution in [0.4, 0.5) is 5.69 Å². The summed E-state index contributed by atoms with van der Waals surface area (Å²) in [5.41, 5.74) is 2.69. The van der Waals surface area contributed by atoms with Crippen LogP contribution in [-0.2, 0) is 0 Å². The fourth-order valence-electron chi connectivity index (χ4n) is 3.80. The van der Waals surface area contributed by atoms with Crippen LogP contribution in [-0.4, -0.2) is 28.2 Å². The average Bonchev–Trinajstić information content (AvgIpc) is 3.44. The number of nitrogens with zero attached hydrogens (tertiary/aromatic N) is 4. The molecule has 2 aromatic carbocycles. The van der Waals surface area contributed by atoms with Crippen LogP contribution in [0.3, 0.4) is 0 Å². The maximum Gasteiger partial charge on any atom is 0.260 e. The quantitative estimate of drug-likeness (QED) is 0.446. The van der Waals surface area contributed by atoms with Crippen LogP contribution < -0.4 is 9.64 Å². The van der Waals surface area contributed by atoms with Gasteiger partial charge < -0.3 is 14.2 Å². The maximum absolute atomic E-state index is 6.27. The first-order chi connectivity index (χ1) is 14.8. The van der Waals surface area contributed by atoms with Crippen molar-refractivity contribution in [3.05, 3.63) is 73.1 Å². The lowest BCUT2D eigenvalue weighted by Crippen LogP contribution is -2.20. The Balaban J connectivity index is 1.58. The van der Waals surface area contributed by atoms with Gasteiger partial charge in [-0.25, -0.2) is 0 Å². The van der Waals surface area contributed by atoms with Crippen molar-refractivity contribution < 1.29 is 9.26 Å². The highest BCUT2D eigenvalue weighted by Gasteiger charge is 2.27. The largest absolute Gasteiger partial charge is 0.455 e. The summed E-state index contributed by atoms with van der Waals surface area (Å²) < 4.78 is 11.9. The van der Waals surface area contributed by atoms with Crippen molar-refractivity contribution in [3.63, 3.8) is 0 Å². The summed E-state index contributed by atoms with van der Waals surface area (Å²) in [5, 5.41) is 4.17. The fraction of sp³-hybridized carbons (Fsp3) is 0.208. The molecule has 6 heteroatoms. The lowest BCUT2D eigenvalue weighted by Gasteiger charge is -2.23. The van der Waals surface area contributed by atoms with Crippen molar-refractivity contribution >= 4 is 5.69 Å². The third-order valence-corrected chi connectivity index (χ3v) is 5.29. The van der Waals surface area contributed by atoms with Crippen molar-refractivity contribution in [2.75, 3.05) is 18.0 Å². The molecule has 1 aliphatic heterocycles. The van der Waals surface area contributed by atoms with Crippen molar-refractivity contribution in [1.82, 2.24) is 15.1 Å². The van der Waals surface area contributed by atoms with Crippen LogP contribution in [0.15, 0.2) is 77.6 Å². The van der Waals surface area contributed by atoms with Gasteiger partial charge in [-0.3, -0.25) is 4.98 Å². The summed E-state index contributed by atoms with van der Waals surface area (Å²) in [5.74, 6) is 3.20. The lowest BCUT2D eigenvalue weighted by molar-refractivity contribution is 0.431. The Kier molecular flexibility index (Phi) is 4.89. The highest BCUT2D eigenvalue weighted by molar-refractivity contribution is 5.80. The molecule has 2 aromatic heterocycles. The molecule has 5 rings (SSSR count). The van der Waals surface area contributed by atoms with Gasteiger partial charge >= 0.3 is 0 Å². The van der Waals surface area contributed by atoms with E-state index in [2.05, 4.69) is 26.9 Å². The number of aromatic nitrogens is 3. The zero-order chi connectivity index (χ0) is 20.3. The molecule has 0 amide bonds. The van der Waals surface area contributed by atoms with Gasteiger partial charge in [-0.05, 0) is 48.7 Å². The molecule has 1 saturated heterocycles. The van der Waals surface area contributed by atoms with Gasteiger partial charge in [0, 0.05) is 31.0 Å². The molecule has 1 atom stereocenters. The van der Waals surface area contributed by atoms with Crippen molar-refractivity contribution in [1.29, 1.82) is 0 Å². The molecule has 0 N–H and O–H groups in total. The molecule has 0 bridgehead atoms. The second kappa shape index (κ2) is 7.99. The van der Waals surface area contributed by atoms with Crippen molar-refractivity contribution in [2.24, 2.45) is 5.92 Å². The van der Waals surface area contributed by atoms with Crippen LogP contribution in [0, 0.1) is 5.92 Å². The molecule has 3 heterocycles. The van der Waals surface area contributed by atoms with E-state index >= 15 is 0 Å². The summed E-state index contributed by atoms with van der Waals surface area (Å²) in [6, 6.07) is 19.6. The van der Waals surface area contributed by atoms with Gasteiger partial charge in [-0.2, -0.15) is 4.98 Å². The van der Waals surface area contributed by atoms with Gasteiger partial charge in [-0.15, -0.1) is 0 Å². The second-order valence-corrected chi connectivity index (χ2v) is 7.57. The van der Waals surface area contributed by atoms with Crippen LogP contribution >= 0.6 is 0 Å². The predicted octanol–water partition coefficient (Wildman–Crippen LogP) is 5.44. The second-order valence-electron chi connectivity index (χ2n) is 7.57. The van der Waals surface area contributed by atoms with Gasteiger partial charge in [0.15, 0.2) is 5.75 Å². The number of hydrogen-bond donors (Lipinski definition) is 0. The van der Waals surface area contributed by atoms with Gasteiger partial charge in [0.25, 0.3) is 5.89 Å². The molecule has 0 aliphatic carbocycles. The molecule has 1 unspecified atom stereocenters. The minimum atomic E-state index is 0.474. The van der Waals surface area contributed by atoms with E-state index in [-0.39, 0.29) is 0 Å². The predicted molar refractivity (Wildman–Crippen MR) is 115 cm³/mol. The van der Waals surface area contributed by atoms with Crippen molar-refractivity contribution in [3.8, 4) is 34.3 Å². The van der Waals surface area contributed by atoms with Gasteiger partial charge in [0.2, 0.25) is 5.82 Å². The number of rotatable bonds is 5. The molecule has 6 nitrogen and oxygen atoms in total. The molecular formula is C24H22N4O2. The first-order valence-electron chi connectivity index (χ1n) is 10.1. The van der Waals surface area contributed by atoms with Crippen LogP contribution in [0.5, 0.6) is 11.5 Å². The minimum Gasteiger partial charge on any atom is -0.455 e. The van der Waals surface area contributed by atoms with E-state index in [0.29, 0.717) is 17.6 Å². The smallest absolute Gasteiger partial charge is 0.260 e. The first kappa shape index (κ1) is 18.4. The third kappa shape index (κ3) is 3.64. The van der Waals surface area contributed by atoms with Gasteiger partial charge in [0.05, 0.1) is 11.3 Å². The minimum absolute atomic E-state index is 0.474. The highest BCUT2D eigenvalue weighted by Crippen LogP contribution is 2.42. The normalized spacial score (nSPS) is 16.0. The lowest BCUT2D eigenvalue weighted by atomic mass is 10.1. The first-order valence-corrected chi connectivity index (χ1v) is 10.1. The highest BCUT2D eigenvalue weighted by atomic mass is 16.5. The monoisotopic (exact) mass is 398 g/mol. The molecular weight excluding hydrogens is 376 g/mol. The van der Waals surface area contributed by atoms with E-state index in [1.165, 1.54) is 0 Å². The average molecular weight is 398 g/mol. The van der Waals surface area contributed by atoms with E-state index in [9.17, 15) is 0 Å². The molecule has 0 saturated carbocycles. The third-order valence-electron chi connectivity index (χ3n) is 5.29. The van der Waals surface area contributed by atoms with E-state index in [4.69, 9.17) is 9.26 Å². The van der Waals surface area contributed by atoms with Gasteiger partial charge in [0.1, 0.15) is 5.75 Å². The van der Waals surface area contributed by atoms with Gasteiger partial charge in [-0.1, -0.05) is 36.3 Å². The molecule has 150 valence electrons. The standard InChI is InChI=1S/C24H22N4O2/c1-17-12-14-28(16-17)22-20(10-5-11-21(22)29-19-8-3-2-4-9-19)24-26-23(27-30-24)18-7-6-13-25-15-18/h2-11,13,15,17H,12,14,16H2,1H3. The fourth-order valence-corrected chi connectivity index (χ4v) is 3.80. The van der Waals surface area contributed by atoms with Crippen LogP contribution in [0.1, 0.15) is 13.3 Å². The topological polar surface area (TPSA) is 64.3 Å². The van der Waals surface area contributed by atoms with Crippen LogP contribution in [0.2, 0.25) is 0 Å². The Hall–Kier alpha value is -3.67. The van der Waals surface area contributed by atoms with E-state index in [1.54, 1.807) is 12.4 Å². The Bertz CT molecular complexity index is 1130. The summed E-state index contributed by atoms with van der Waals surface area (Å²) in [6.45, 7) is 4.20. The maximum atomic E-state index is 6.27.